The molecule has 1 aromatic heterocycles. The Hall–Kier alpha value is -2.96. The van der Waals surface area contributed by atoms with Crippen LogP contribution in [0, 0.1) is 17.0 Å². The van der Waals surface area contributed by atoms with Crippen molar-refractivity contribution in [3.8, 4) is 0 Å². The topological polar surface area (TPSA) is 94.4 Å². The third-order valence-corrected chi connectivity index (χ3v) is 3.09. The molecule has 0 spiro atoms. The number of esters is 1. The van der Waals surface area contributed by atoms with Crippen LogP contribution in [-0.4, -0.2) is 23.0 Å². The number of nitrogens with zero attached hydrogens (tertiary/aromatic N) is 2. The van der Waals surface area contributed by atoms with Gasteiger partial charge in [0.25, 0.3) is 5.69 Å². The molecule has 0 aliphatic carbocycles. The Labute approximate surface area is 127 Å². The summed E-state index contributed by atoms with van der Waals surface area (Å²) < 4.78 is 4.66. The first-order valence-electron chi connectivity index (χ1n) is 6.54. The number of hydrogen-bond acceptors (Lipinski definition) is 6. The van der Waals surface area contributed by atoms with Gasteiger partial charge in [-0.25, -0.2) is 9.78 Å². The van der Waals surface area contributed by atoms with Gasteiger partial charge in [0.1, 0.15) is 5.82 Å². The van der Waals surface area contributed by atoms with Crippen LogP contribution in [0.3, 0.4) is 0 Å². The lowest BCUT2D eigenvalue weighted by Gasteiger charge is -2.08. The zero-order valence-corrected chi connectivity index (χ0v) is 12.2. The van der Waals surface area contributed by atoms with Gasteiger partial charge in [-0.15, -0.1) is 0 Å². The average Bonchev–Trinajstić information content (AvgIpc) is 2.52. The highest BCUT2D eigenvalue weighted by atomic mass is 16.6. The lowest BCUT2D eigenvalue weighted by molar-refractivity contribution is -0.384. The summed E-state index contributed by atoms with van der Waals surface area (Å²) in [4.78, 5) is 26.0. The number of non-ortho nitro benzene ring substituents is 1. The minimum atomic E-state index is -0.435. The Morgan fingerprint density at radius 3 is 2.77 bits per heavy atom. The Morgan fingerprint density at radius 1 is 1.36 bits per heavy atom. The summed E-state index contributed by atoms with van der Waals surface area (Å²) in [5.74, 6) is 0.145. The van der Waals surface area contributed by atoms with Crippen molar-refractivity contribution in [3.05, 3.63) is 63.3 Å². The number of nitrogens with one attached hydrogen (secondary N) is 1. The van der Waals surface area contributed by atoms with Crippen molar-refractivity contribution < 1.29 is 14.5 Å². The molecule has 0 radical (unpaired) electrons. The second-order valence-electron chi connectivity index (χ2n) is 4.60. The van der Waals surface area contributed by atoms with E-state index in [1.54, 1.807) is 31.2 Å². The van der Waals surface area contributed by atoms with Crippen LogP contribution in [0.1, 0.15) is 21.6 Å². The van der Waals surface area contributed by atoms with Gasteiger partial charge in [-0.3, -0.25) is 10.1 Å². The van der Waals surface area contributed by atoms with E-state index in [0.717, 1.165) is 5.56 Å². The van der Waals surface area contributed by atoms with Crippen LogP contribution in [0.15, 0.2) is 36.4 Å². The number of ether oxygens (including phenoxy) is 1. The van der Waals surface area contributed by atoms with E-state index in [0.29, 0.717) is 23.6 Å². The zero-order valence-electron chi connectivity index (χ0n) is 12.2. The van der Waals surface area contributed by atoms with Gasteiger partial charge in [0.15, 0.2) is 0 Å². The number of hydrogen-bond donors (Lipinski definition) is 1. The number of rotatable bonds is 5. The fourth-order valence-electron chi connectivity index (χ4n) is 1.96. The zero-order chi connectivity index (χ0) is 16.1. The SMILES string of the molecule is COC(=O)c1ccc(NCc2cccc([N+](=O)[O-])c2)nc1C. The monoisotopic (exact) mass is 301 g/mol. The summed E-state index contributed by atoms with van der Waals surface area (Å²) in [6.45, 7) is 2.11. The summed E-state index contributed by atoms with van der Waals surface area (Å²) >= 11 is 0. The van der Waals surface area contributed by atoms with Crippen molar-refractivity contribution >= 4 is 17.5 Å². The first-order valence-corrected chi connectivity index (χ1v) is 6.54. The first kappa shape index (κ1) is 15.4. The van der Waals surface area contributed by atoms with Crippen LogP contribution >= 0.6 is 0 Å². The van der Waals surface area contributed by atoms with E-state index in [1.807, 2.05) is 0 Å². The van der Waals surface area contributed by atoms with Crippen molar-refractivity contribution in [1.29, 1.82) is 0 Å². The van der Waals surface area contributed by atoms with E-state index in [2.05, 4.69) is 15.0 Å². The van der Waals surface area contributed by atoms with Gasteiger partial charge in [0.05, 0.1) is 23.3 Å². The van der Waals surface area contributed by atoms with Gasteiger partial charge >= 0.3 is 5.97 Å². The van der Waals surface area contributed by atoms with Gasteiger partial charge in [-0.05, 0) is 24.6 Å². The highest BCUT2D eigenvalue weighted by Crippen LogP contribution is 2.16. The molecule has 22 heavy (non-hydrogen) atoms. The number of aryl methyl sites for hydroxylation is 1. The maximum Gasteiger partial charge on any atom is 0.339 e. The van der Waals surface area contributed by atoms with Crippen molar-refractivity contribution in [2.75, 3.05) is 12.4 Å². The maximum absolute atomic E-state index is 11.5. The third-order valence-electron chi connectivity index (χ3n) is 3.09. The Morgan fingerprint density at radius 2 is 2.14 bits per heavy atom. The van der Waals surface area contributed by atoms with Crippen LogP contribution in [0.4, 0.5) is 11.5 Å². The molecule has 1 heterocycles. The van der Waals surface area contributed by atoms with Crippen LogP contribution < -0.4 is 5.32 Å². The second-order valence-corrected chi connectivity index (χ2v) is 4.60. The Bertz CT molecular complexity index is 716. The highest BCUT2D eigenvalue weighted by Gasteiger charge is 2.11. The Balaban J connectivity index is 2.09. The number of nitro groups is 1. The number of benzene rings is 1. The first-order chi connectivity index (χ1) is 10.5. The lowest BCUT2D eigenvalue weighted by atomic mass is 10.2. The molecule has 1 N–H and O–H groups in total. The summed E-state index contributed by atoms with van der Waals surface area (Å²) in [5, 5.41) is 13.8. The molecule has 0 bridgehead atoms. The molecule has 0 atom stereocenters. The summed E-state index contributed by atoms with van der Waals surface area (Å²) in [5.41, 5.74) is 1.77. The number of carbonyl (C=O) groups excluding carboxylic acids is 1. The molecule has 0 amide bonds. The van der Waals surface area contributed by atoms with Crippen molar-refractivity contribution in [2.45, 2.75) is 13.5 Å². The normalized spacial score (nSPS) is 10.1. The van der Waals surface area contributed by atoms with Gasteiger partial charge in [-0.1, -0.05) is 12.1 Å². The fourth-order valence-corrected chi connectivity index (χ4v) is 1.96. The predicted octanol–water partition coefficient (Wildman–Crippen LogP) is 2.70. The molecule has 2 rings (SSSR count). The van der Waals surface area contributed by atoms with Gasteiger partial charge < -0.3 is 10.1 Å². The summed E-state index contributed by atoms with van der Waals surface area (Å²) in [7, 11) is 1.32. The molecular formula is C15H15N3O4. The van der Waals surface area contributed by atoms with E-state index in [9.17, 15) is 14.9 Å². The summed E-state index contributed by atoms with van der Waals surface area (Å²) in [6.07, 6.45) is 0. The third kappa shape index (κ3) is 3.57. The minimum absolute atomic E-state index is 0.0458. The largest absolute Gasteiger partial charge is 0.465 e. The number of nitro benzene ring substituents is 1. The van der Waals surface area contributed by atoms with Crippen molar-refractivity contribution in [2.24, 2.45) is 0 Å². The molecule has 0 fully saturated rings. The number of methoxy groups -OCH3 is 1. The number of anilines is 1. The molecule has 0 aliphatic rings. The van der Waals surface area contributed by atoms with Gasteiger partial charge in [-0.2, -0.15) is 0 Å². The van der Waals surface area contributed by atoms with Crippen LogP contribution in [-0.2, 0) is 11.3 Å². The molecule has 1 aromatic carbocycles. The minimum Gasteiger partial charge on any atom is -0.465 e. The highest BCUT2D eigenvalue weighted by molar-refractivity contribution is 5.90. The fraction of sp³-hybridized carbons (Fsp3) is 0.200. The summed E-state index contributed by atoms with van der Waals surface area (Å²) in [6, 6.07) is 9.66. The standard InChI is InChI=1S/C15H15N3O4/c1-10-13(15(19)22-2)6-7-14(17-10)16-9-11-4-3-5-12(8-11)18(20)21/h3-8H,9H2,1-2H3,(H,16,17). The molecule has 0 saturated carbocycles. The number of carbonyl (C=O) groups is 1. The predicted molar refractivity (Wildman–Crippen MR) is 80.7 cm³/mol. The number of aromatic nitrogens is 1. The van der Waals surface area contributed by atoms with E-state index in [-0.39, 0.29) is 5.69 Å². The molecular weight excluding hydrogens is 286 g/mol. The van der Waals surface area contributed by atoms with Crippen molar-refractivity contribution in [3.63, 3.8) is 0 Å². The van der Waals surface area contributed by atoms with E-state index < -0.39 is 10.9 Å². The van der Waals surface area contributed by atoms with E-state index in [1.165, 1.54) is 19.2 Å². The molecule has 7 nitrogen and oxygen atoms in total. The van der Waals surface area contributed by atoms with Crippen LogP contribution in [0.5, 0.6) is 0 Å². The van der Waals surface area contributed by atoms with Crippen LogP contribution in [0.25, 0.3) is 0 Å². The molecule has 0 saturated heterocycles. The smallest absolute Gasteiger partial charge is 0.339 e. The maximum atomic E-state index is 11.5. The molecule has 7 heteroatoms. The lowest BCUT2D eigenvalue weighted by Crippen LogP contribution is -2.08. The van der Waals surface area contributed by atoms with Gasteiger partial charge in [0, 0.05) is 18.7 Å². The van der Waals surface area contributed by atoms with Crippen LogP contribution in [0.2, 0.25) is 0 Å². The average molecular weight is 301 g/mol. The molecule has 2 aromatic rings. The van der Waals surface area contributed by atoms with Crippen molar-refractivity contribution in [1.82, 2.24) is 4.98 Å². The molecule has 0 unspecified atom stereocenters. The Kier molecular flexibility index (Phi) is 4.67. The second kappa shape index (κ2) is 6.66. The van der Waals surface area contributed by atoms with Gasteiger partial charge in [0.2, 0.25) is 0 Å². The number of pyridine rings is 1. The molecule has 114 valence electrons. The van der Waals surface area contributed by atoms with E-state index >= 15 is 0 Å². The quantitative estimate of drug-likeness (QED) is 0.518. The molecule has 0 aliphatic heterocycles. The van der Waals surface area contributed by atoms with E-state index in [4.69, 9.17) is 0 Å².